The molecule has 1 amide bonds. The van der Waals surface area contributed by atoms with Crippen molar-refractivity contribution in [3.8, 4) is 6.07 Å². The maximum Gasteiger partial charge on any atom is 0.270 e. The summed E-state index contributed by atoms with van der Waals surface area (Å²) in [6, 6.07) is 14.8. The third-order valence-corrected chi connectivity index (χ3v) is 4.75. The molecule has 1 aliphatic heterocycles. The van der Waals surface area contributed by atoms with Gasteiger partial charge in [0.15, 0.2) is 0 Å². The van der Waals surface area contributed by atoms with Crippen LogP contribution in [0.2, 0.25) is 10.0 Å². The van der Waals surface area contributed by atoms with Gasteiger partial charge < -0.3 is 10.2 Å². The normalized spacial score (nSPS) is 13.8. The van der Waals surface area contributed by atoms with Crippen LogP contribution < -0.4 is 10.2 Å². The number of benzene rings is 2. The maximum absolute atomic E-state index is 12.8. The van der Waals surface area contributed by atoms with E-state index in [0.29, 0.717) is 22.3 Å². The summed E-state index contributed by atoms with van der Waals surface area (Å²) in [6.07, 6.45) is 3.22. The SMILES string of the molecule is N#C/C(=C/Nc1ccc(Cl)c(Cl)c1)C(=O)N1CCCc2ccccc21. The number of nitriles is 1. The van der Waals surface area contributed by atoms with E-state index in [1.54, 1.807) is 23.1 Å². The van der Waals surface area contributed by atoms with Crippen LogP contribution >= 0.6 is 23.2 Å². The van der Waals surface area contributed by atoms with E-state index in [4.69, 9.17) is 23.2 Å². The zero-order chi connectivity index (χ0) is 17.8. The fraction of sp³-hybridized carbons (Fsp3) is 0.158. The van der Waals surface area contributed by atoms with Crippen molar-refractivity contribution < 1.29 is 4.79 Å². The van der Waals surface area contributed by atoms with Crippen LogP contribution in [0.15, 0.2) is 54.2 Å². The molecule has 2 aromatic carbocycles. The molecule has 0 fully saturated rings. The zero-order valence-electron chi connectivity index (χ0n) is 13.3. The summed E-state index contributed by atoms with van der Waals surface area (Å²) in [7, 11) is 0. The van der Waals surface area contributed by atoms with E-state index in [1.807, 2.05) is 30.3 Å². The van der Waals surface area contributed by atoms with E-state index in [-0.39, 0.29) is 11.5 Å². The van der Waals surface area contributed by atoms with Crippen molar-refractivity contribution in [2.75, 3.05) is 16.8 Å². The predicted octanol–water partition coefficient (Wildman–Crippen LogP) is 4.79. The number of anilines is 2. The molecule has 25 heavy (non-hydrogen) atoms. The van der Waals surface area contributed by atoms with Crippen molar-refractivity contribution in [1.82, 2.24) is 0 Å². The minimum atomic E-state index is -0.317. The Balaban J connectivity index is 1.82. The van der Waals surface area contributed by atoms with Gasteiger partial charge >= 0.3 is 0 Å². The minimum absolute atomic E-state index is 0.0303. The highest BCUT2D eigenvalue weighted by Gasteiger charge is 2.24. The van der Waals surface area contributed by atoms with Crippen molar-refractivity contribution in [3.05, 3.63) is 69.8 Å². The van der Waals surface area contributed by atoms with E-state index >= 15 is 0 Å². The monoisotopic (exact) mass is 371 g/mol. The Morgan fingerprint density at radius 2 is 2.00 bits per heavy atom. The van der Waals surface area contributed by atoms with Crippen LogP contribution in [-0.4, -0.2) is 12.5 Å². The number of para-hydroxylation sites is 1. The summed E-state index contributed by atoms with van der Waals surface area (Å²) in [5.74, 6) is -0.317. The number of fused-ring (bicyclic) bond motifs is 1. The Bertz CT molecular complexity index is 886. The summed E-state index contributed by atoms with van der Waals surface area (Å²) in [5, 5.41) is 13.2. The summed E-state index contributed by atoms with van der Waals surface area (Å²) in [5.41, 5.74) is 2.67. The lowest BCUT2D eigenvalue weighted by Crippen LogP contribution is -2.36. The van der Waals surface area contributed by atoms with Crippen molar-refractivity contribution in [3.63, 3.8) is 0 Å². The van der Waals surface area contributed by atoms with E-state index in [2.05, 4.69) is 5.32 Å². The van der Waals surface area contributed by atoms with Crippen LogP contribution in [0.4, 0.5) is 11.4 Å². The Kier molecular flexibility index (Phi) is 5.28. The van der Waals surface area contributed by atoms with Gasteiger partial charge in [-0.15, -0.1) is 0 Å². The molecule has 0 aliphatic carbocycles. The summed E-state index contributed by atoms with van der Waals surface area (Å²) in [4.78, 5) is 14.4. The van der Waals surface area contributed by atoms with Gasteiger partial charge in [0.25, 0.3) is 5.91 Å². The van der Waals surface area contributed by atoms with Gasteiger partial charge in [-0.2, -0.15) is 5.26 Å². The number of halogens is 2. The minimum Gasteiger partial charge on any atom is -0.360 e. The Morgan fingerprint density at radius 1 is 1.20 bits per heavy atom. The van der Waals surface area contributed by atoms with Crippen molar-refractivity contribution in [1.29, 1.82) is 5.26 Å². The first-order valence-corrected chi connectivity index (χ1v) is 8.57. The number of amides is 1. The molecule has 3 rings (SSSR count). The number of rotatable bonds is 3. The van der Waals surface area contributed by atoms with Crippen LogP contribution in [0.25, 0.3) is 0 Å². The number of hydrogen-bond acceptors (Lipinski definition) is 3. The molecule has 1 heterocycles. The summed E-state index contributed by atoms with van der Waals surface area (Å²) in [6.45, 7) is 0.599. The van der Waals surface area contributed by atoms with E-state index in [0.717, 1.165) is 24.1 Å². The molecule has 2 aromatic rings. The highest BCUT2D eigenvalue weighted by atomic mass is 35.5. The molecule has 0 saturated carbocycles. The number of carbonyl (C=O) groups excluding carboxylic acids is 1. The molecular weight excluding hydrogens is 357 g/mol. The zero-order valence-corrected chi connectivity index (χ0v) is 14.8. The maximum atomic E-state index is 12.8. The third kappa shape index (κ3) is 3.79. The first kappa shape index (κ1) is 17.3. The lowest BCUT2D eigenvalue weighted by molar-refractivity contribution is -0.114. The first-order chi connectivity index (χ1) is 12.1. The van der Waals surface area contributed by atoms with Crippen molar-refractivity contribution >= 4 is 40.5 Å². The van der Waals surface area contributed by atoms with Crippen LogP contribution in [0.1, 0.15) is 12.0 Å². The molecule has 1 aliphatic rings. The molecule has 0 unspecified atom stereocenters. The topological polar surface area (TPSA) is 56.1 Å². The average molecular weight is 372 g/mol. The third-order valence-electron chi connectivity index (χ3n) is 4.01. The smallest absolute Gasteiger partial charge is 0.270 e. The van der Waals surface area contributed by atoms with Gasteiger partial charge in [0, 0.05) is 24.1 Å². The standard InChI is InChI=1S/C19H15Cl2N3O/c20-16-8-7-15(10-17(16)21)23-12-14(11-22)19(25)24-9-3-5-13-4-1-2-6-18(13)24/h1-2,4,6-8,10,12,23H,3,5,9H2/b14-12-. The second-order valence-corrected chi connectivity index (χ2v) is 6.45. The van der Waals surface area contributed by atoms with Crippen molar-refractivity contribution in [2.24, 2.45) is 0 Å². The molecule has 0 saturated heterocycles. The first-order valence-electron chi connectivity index (χ1n) is 7.82. The van der Waals surface area contributed by atoms with Crippen LogP contribution in [0.5, 0.6) is 0 Å². The Morgan fingerprint density at radius 3 is 2.76 bits per heavy atom. The van der Waals surface area contributed by atoms with Crippen LogP contribution in [0.3, 0.4) is 0 Å². The lowest BCUT2D eigenvalue weighted by atomic mass is 10.0. The molecule has 1 N–H and O–H groups in total. The fourth-order valence-electron chi connectivity index (χ4n) is 2.77. The molecule has 0 bridgehead atoms. The number of carbonyl (C=O) groups is 1. The van der Waals surface area contributed by atoms with Crippen LogP contribution in [-0.2, 0) is 11.2 Å². The Hall–Kier alpha value is -2.48. The Labute approximate surface area is 156 Å². The van der Waals surface area contributed by atoms with Gasteiger partial charge in [0.2, 0.25) is 0 Å². The summed E-state index contributed by atoms with van der Waals surface area (Å²) >= 11 is 11.9. The molecular formula is C19H15Cl2N3O. The number of nitrogens with one attached hydrogen (secondary N) is 1. The second-order valence-electron chi connectivity index (χ2n) is 5.63. The van der Waals surface area contributed by atoms with E-state index in [9.17, 15) is 10.1 Å². The van der Waals surface area contributed by atoms with E-state index in [1.165, 1.54) is 6.20 Å². The highest BCUT2D eigenvalue weighted by molar-refractivity contribution is 6.42. The quantitative estimate of drug-likeness (QED) is 0.623. The number of nitrogens with zero attached hydrogens (tertiary/aromatic N) is 2. The predicted molar refractivity (Wildman–Crippen MR) is 101 cm³/mol. The lowest BCUT2D eigenvalue weighted by Gasteiger charge is -2.29. The van der Waals surface area contributed by atoms with Gasteiger partial charge in [-0.3, -0.25) is 4.79 Å². The molecule has 126 valence electrons. The molecule has 6 heteroatoms. The van der Waals surface area contributed by atoms with Crippen molar-refractivity contribution in [2.45, 2.75) is 12.8 Å². The van der Waals surface area contributed by atoms with E-state index < -0.39 is 0 Å². The van der Waals surface area contributed by atoms with Gasteiger partial charge in [-0.25, -0.2) is 0 Å². The average Bonchev–Trinajstić information content (AvgIpc) is 2.64. The highest BCUT2D eigenvalue weighted by Crippen LogP contribution is 2.28. The van der Waals surface area contributed by atoms with Gasteiger partial charge in [-0.05, 0) is 42.7 Å². The van der Waals surface area contributed by atoms with Gasteiger partial charge in [-0.1, -0.05) is 41.4 Å². The molecule has 0 radical (unpaired) electrons. The fourth-order valence-corrected chi connectivity index (χ4v) is 3.07. The molecule has 0 atom stereocenters. The molecule has 0 spiro atoms. The van der Waals surface area contributed by atoms with Gasteiger partial charge in [0.05, 0.1) is 10.0 Å². The molecule has 0 aromatic heterocycles. The number of aryl methyl sites for hydroxylation is 1. The summed E-state index contributed by atoms with van der Waals surface area (Å²) < 4.78 is 0. The van der Waals surface area contributed by atoms with Gasteiger partial charge in [0.1, 0.15) is 11.6 Å². The molecule has 4 nitrogen and oxygen atoms in total. The largest absolute Gasteiger partial charge is 0.360 e. The second kappa shape index (κ2) is 7.60. The van der Waals surface area contributed by atoms with Crippen LogP contribution in [0, 0.1) is 11.3 Å². The number of hydrogen-bond donors (Lipinski definition) is 1.